The van der Waals surface area contributed by atoms with E-state index in [-0.39, 0.29) is 51.4 Å². The van der Waals surface area contributed by atoms with Gasteiger partial charge >= 0.3 is 51.4 Å². The fourth-order valence-corrected chi connectivity index (χ4v) is 4.96. The Bertz CT molecular complexity index is 1070. The number of rotatable bonds is 4. The van der Waals surface area contributed by atoms with Gasteiger partial charge in [-0.25, -0.2) is 0 Å². The first-order valence-corrected chi connectivity index (χ1v) is 12.0. The van der Waals surface area contributed by atoms with Gasteiger partial charge in [-0.05, 0) is 79.6 Å². The summed E-state index contributed by atoms with van der Waals surface area (Å²) in [5, 5.41) is 5.20. The molecule has 0 spiro atoms. The first-order valence-electron chi connectivity index (χ1n) is 11.3. The molecule has 1 heterocycles. The van der Waals surface area contributed by atoms with Crippen molar-refractivity contribution >= 4 is 23.2 Å². The van der Waals surface area contributed by atoms with Crippen LogP contribution >= 0.6 is 23.2 Å². The molecule has 0 saturated heterocycles. The van der Waals surface area contributed by atoms with E-state index in [4.69, 9.17) is 23.2 Å². The van der Waals surface area contributed by atoms with E-state index in [1.54, 1.807) is 0 Å². The average molecular weight is 490 g/mol. The smallest absolute Gasteiger partial charge is 0.474 e. The summed E-state index contributed by atoms with van der Waals surface area (Å²) in [6, 6.07) is 13.1. The van der Waals surface area contributed by atoms with Crippen LogP contribution in [-0.4, -0.2) is 24.0 Å². The number of hydrogen-bond donors (Lipinski definition) is 1. The van der Waals surface area contributed by atoms with Gasteiger partial charge in [-0.15, -0.1) is 0 Å². The number of aryl methyl sites for hydroxylation is 1. The molecule has 2 aliphatic carbocycles. The summed E-state index contributed by atoms with van der Waals surface area (Å²) in [6.45, 7) is 2.71. The molecule has 1 N–H and O–H groups in total. The van der Waals surface area contributed by atoms with Gasteiger partial charge < -0.3 is 11.4 Å². The maximum Gasteiger partial charge on any atom is 1.00 e. The summed E-state index contributed by atoms with van der Waals surface area (Å²) in [7, 11) is 0. The molecule has 5 rings (SSSR count). The van der Waals surface area contributed by atoms with E-state index in [1.807, 2.05) is 12.1 Å². The van der Waals surface area contributed by atoms with Crippen molar-refractivity contribution < 1.29 is 51.4 Å². The zero-order chi connectivity index (χ0) is 21.2. The molecular weight excluding hydrogens is 462 g/mol. The van der Waals surface area contributed by atoms with Crippen LogP contribution in [-0.2, 0) is 19.4 Å². The average Bonchev–Trinajstić information content (AvgIpc) is 3.61. The summed E-state index contributed by atoms with van der Waals surface area (Å²) in [5.41, 5.74) is 6.16. The Morgan fingerprint density at radius 3 is 2.75 bits per heavy atom. The summed E-state index contributed by atoms with van der Waals surface area (Å²) >= 11 is 12.8. The van der Waals surface area contributed by atoms with Crippen molar-refractivity contribution in [2.75, 3.05) is 13.1 Å². The van der Waals surface area contributed by atoms with Gasteiger partial charge in [-0.3, -0.25) is 4.90 Å². The van der Waals surface area contributed by atoms with E-state index < -0.39 is 0 Å². The third kappa shape index (κ3) is 6.43. The van der Waals surface area contributed by atoms with Crippen molar-refractivity contribution in [3.63, 3.8) is 0 Å². The van der Waals surface area contributed by atoms with E-state index in [0.717, 1.165) is 53.5 Å². The SMILES string of the molecule is Clc1ccc2c(c1)CC(N1CC[C-]=C(NCc3ccc(C#CC4CC4)cc3Cl)C1)CC2.[K+]. The molecule has 32 heavy (non-hydrogen) atoms. The van der Waals surface area contributed by atoms with Gasteiger partial charge in [0.15, 0.2) is 0 Å². The summed E-state index contributed by atoms with van der Waals surface area (Å²) in [5.74, 6) is 7.15. The van der Waals surface area contributed by atoms with Crippen LogP contribution in [0.2, 0.25) is 10.0 Å². The minimum Gasteiger partial charge on any atom is -0.474 e. The first kappa shape index (κ1) is 24.8. The van der Waals surface area contributed by atoms with Crippen LogP contribution in [0.15, 0.2) is 42.1 Å². The van der Waals surface area contributed by atoms with E-state index in [2.05, 4.69) is 52.4 Å². The van der Waals surface area contributed by atoms with Gasteiger partial charge in [0, 0.05) is 40.7 Å². The third-order valence-electron chi connectivity index (χ3n) is 6.53. The molecule has 2 aromatic carbocycles. The van der Waals surface area contributed by atoms with Gasteiger partial charge in [0.25, 0.3) is 0 Å². The van der Waals surface area contributed by atoms with Gasteiger partial charge in [-0.1, -0.05) is 47.2 Å². The van der Waals surface area contributed by atoms with Crippen LogP contribution in [0.25, 0.3) is 0 Å². The number of fused-ring (bicyclic) bond motifs is 1. The zero-order valence-electron chi connectivity index (χ0n) is 18.7. The minimum absolute atomic E-state index is 0. The Kier molecular flexibility index (Phi) is 8.87. The molecule has 0 bridgehead atoms. The zero-order valence-corrected chi connectivity index (χ0v) is 23.3. The molecule has 1 saturated carbocycles. The summed E-state index contributed by atoms with van der Waals surface area (Å²) in [4.78, 5) is 2.60. The van der Waals surface area contributed by atoms with Gasteiger partial charge in [0.2, 0.25) is 0 Å². The Morgan fingerprint density at radius 2 is 1.94 bits per heavy atom. The summed E-state index contributed by atoms with van der Waals surface area (Å²) < 4.78 is 0. The van der Waals surface area contributed by atoms with Crippen molar-refractivity contribution in [1.82, 2.24) is 10.2 Å². The molecule has 1 atom stereocenters. The van der Waals surface area contributed by atoms with Crippen LogP contribution < -0.4 is 56.7 Å². The monoisotopic (exact) mass is 488 g/mol. The van der Waals surface area contributed by atoms with Crippen molar-refractivity contribution in [2.45, 2.75) is 51.1 Å². The van der Waals surface area contributed by atoms with Crippen molar-refractivity contribution in [2.24, 2.45) is 5.92 Å². The number of nitrogens with zero attached hydrogens (tertiary/aromatic N) is 1. The van der Waals surface area contributed by atoms with Gasteiger partial charge in [0.05, 0.1) is 0 Å². The molecule has 2 aromatic rings. The molecule has 1 aliphatic heterocycles. The van der Waals surface area contributed by atoms with E-state index in [9.17, 15) is 0 Å². The molecule has 0 radical (unpaired) electrons. The molecule has 0 amide bonds. The third-order valence-corrected chi connectivity index (χ3v) is 7.12. The fraction of sp³-hybridized carbons (Fsp3) is 0.407. The first-order chi connectivity index (χ1) is 15.1. The molecule has 160 valence electrons. The molecular formula is C27H27Cl2KN2. The van der Waals surface area contributed by atoms with Crippen molar-refractivity contribution in [3.8, 4) is 11.8 Å². The molecule has 3 aliphatic rings. The second-order valence-corrected chi connectivity index (χ2v) is 9.73. The fourth-order valence-electron chi connectivity index (χ4n) is 4.52. The standard InChI is InChI=1S/C27H27Cl2N2.K/c28-24-11-9-21-10-12-26(16-23(21)15-24)31-13-1-2-25(18-31)30-17-22-8-7-20(14-27(22)29)6-5-19-3-4-19;/h7-9,11,14-15,19,26,30H,1,3-4,10,12-13,16-18H2;/q-1;+1. The maximum absolute atomic E-state index is 6.53. The predicted molar refractivity (Wildman–Crippen MR) is 128 cm³/mol. The second-order valence-electron chi connectivity index (χ2n) is 8.89. The van der Waals surface area contributed by atoms with E-state index in [1.165, 1.54) is 36.1 Å². The van der Waals surface area contributed by atoms with Gasteiger partial charge in [0.1, 0.15) is 0 Å². The predicted octanol–water partition coefficient (Wildman–Crippen LogP) is 2.80. The molecule has 1 fully saturated rings. The minimum atomic E-state index is 0. The van der Waals surface area contributed by atoms with Crippen molar-refractivity contribution in [1.29, 1.82) is 0 Å². The van der Waals surface area contributed by atoms with E-state index in [0.29, 0.717) is 18.5 Å². The maximum atomic E-state index is 6.53. The second kappa shape index (κ2) is 11.4. The number of benzene rings is 2. The molecule has 2 nitrogen and oxygen atoms in total. The Hall–Kier alpha value is -0.284. The number of halogens is 2. The summed E-state index contributed by atoms with van der Waals surface area (Å²) in [6.07, 6.45) is 10.4. The Balaban J connectivity index is 0.00000245. The van der Waals surface area contributed by atoms with Crippen LogP contribution in [0.3, 0.4) is 0 Å². The quantitative estimate of drug-likeness (QED) is 0.404. The Labute approximate surface area is 244 Å². The topological polar surface area (TPSA) is 15.3 Å². The van der Waals surface area contributed by atoms with Crippen LogP contribution in [0.4, 0.5) is 0 Å². The number of hydrogen-bond acceptors (Lipinski definition) is 2. The molecule has 5 heteroatoms. The van der Waals surface area contributed by atoms with Gasteiger partial charge in [-0.2, -0.15) is 12.1 Å². The molecule has 1 unspecified atom stereocenters. The van der Waals surface area contributed by atoms with Crippen LogP contribution in [0.1, 0.15) is 47.9 Å². The van der Waals surface area contributed by atoms with E-state index >= 15 is 0 Å². The van der Waals surface area contributed by atoms with Crippen LogP contribution in [0, 0.1) is 23.8 Å². The van der Waals surface area contributed by atoms with Crippen LogP contribution in [0.5, 0.6) is 0 Å². The number of nitrogens with one attached hydrogen (secondary N) is 1. The Morgan fingerprint density at radius 1 is 1.06 bits per heavy atom. The normalized spacial score (nSPS) is 20.3. The van der Waals surface area contributed by atoms with Crippen molar-refractivity contribution in [3.05, 3.63) is 80.5 Å². The largest absolute Gasteiger partial charge is 1.00 e. The molecule has 0 aromatic heterocycles.